The van der Waals surface area contributed by atoms with Crippen molar-refractivity contribution in [3.63, 3.8) is 0 Å². The second kappa shape index (κ2) is 7.68. The van der Waals surface area contributed by atoms with Crippen LogP contribution in [-0.4, -0.2) is 45.4 Å². The van der Waals surface area contributed by atoms with E-state index in [1.165, 1.54) is 22.8 Å². The lowest BCUT2D eigenvalue weighted by Crippen LogP contribution is -2.51. The zero-order valence-corrected chi connectivity index (χ0v) is 17.9. The number of rotatable bonds is 4. The molecule has 1 atom stereocenters. The number of carbonyl (C=O) groups excluding carboxylic acids is 2. The number of nitrogens with zero attached hydrogens (tertiary/aromatic N) is 5. The molecule has 31 heavy (non-hydrogen) atoms. The van der Waals surface area contributed by atoms with Crippen LogP contribution in [0.1, 0.15) is 46.6 Å². The maximum atomic E-state index is 12.8. The first kappa shape index (κ1) is 20.8. The molecule has 1 saturated carbocycles. The molecule has 2 amide bonds. The number of ether oxygens (including phenoxy) is 1. The van der Waals surface area contributed by atoms with Crippen LogP contribution in [0.4, 0.5) is 21.9 Å². The van der Waals surface area contributed by atoms with Gasteiger partial charge in [-0.05, 0) is 39.7 Å². The number of amides is 2. The molecule has 1 unspecified atom stereocenters. The molecule has 0 radical (unpaired) electrons. The van der Waals surface area contributed by atoms with Gasteiger partial charge in [-0.3, -0.25) is 24.5 Å². The van der Waals surface area contributed by atoms with Gasteiger partial charge in [0.15, 0.2) is 0 Å². The summed E-state index contributed by atoms with van der Waals surface area (Å²) in [6, 6.07) is 2.92. The Bertz CT molecular complexity index is 1060. The van der Waals surface area contributed by atoms with Gasteiger partial charge in [-0.25, -0.2) is 4.79 Å². The fraction of sp³-hybridized carbons (Fsp3) is 0.476. The lowest BCUT2D eigenvalue weighted by atomic mass is 10.0. The Balaban J connectivity index is 1.88. The zero-order chi connectivity index (χ0) is 22.4. The average molecular weight is 427 g/mol. The Morgan fingerprint density at radius 3 is 2.55 bits per heavy atom. The minimum Gasteiger partial charge on any atom is -0.446 e. The predicted octanol–water partition coefficient (Wildman–Crippen LogP) is 3.90. The molecule has 1 aliphatic heterocycles. The highest BCUT2D eigenvalue weighted by Gasteiger charge is 2.37. The monoisotopic (exact) mass is 427 g/mol. The summed E-state index contributed by atoms with van der Waals surface area (Å²) in [5.41, 5.74) is 1.50. The van der Waals surface area contributed by atoms with E-state index in [2.05, 4.69) is 5.10 Å². The Kier molecular flexibility index (Phi) is 5.16. The highest BCUT2D eigenvalue weighted by molar-refractivity contribution is 6.04. The Morgan fingerprint density at radius 1 is 1.26 bits per heavy atom. The van der Waals surface area contributed by atoms with E-state index in [1.54, 1.807) is 39.2 Å². The molecular formula is C21H25N5O5. The molecule has 2 heterocycles. The molecule has 10 heteroatoms. The van der Waals surface area contributed by atoms with Gasteiger partial charge in [-0.2, -0.15) is 5.10 Å². The fourth-order valence-electron chi connectivity index (χ4n) is 3.97. The summed E-state index contributed by atoms with van der Waals surface area (Å²) < 4.78 is 7.20. The molecule has 0 spiro atoms. The number of fused-ring (bicyclic) bond motifs is 1. The highest BCUT2D eigenvalue weighted by atomic mass is 16.6. The van der Waals surface area contributed by atoms with Crippen LogP contribution in [0.3, 0.4) is 0 Å². The summed E-state index contributed by atoms with van der Waals surface area (Å²) in [4.78, 5) is 39.5. The number of hydrogen-bond donors (Lipinski definition) is 0. The van der Waals surface area contributed by atoms with Gasteiger partial charge in [0.25, 0.3) is 5.69 Å². The maximum Gasteiger partial charge on any atom is 0.414 e. The smallest absolute Gasteiger partial charge is 0.414 e. The third kappa shape index (κ3) is 3.85. The van der Waals surface area contributed by atoms with Gasteiger partial charge < -0.3 is 9.64 Å². The van der Waals surface area contributed by atoms with E-state index >= 15 is 0 Å². The maximum absolute atomic E-state index is 12.8. The van der Waals surface area contributed by atoms with Gasteiger partial charge in [0.05, 0.1) is 46.2 Å². The molecule has 164 valence electrons. The molecule has 1 aliphatic carbocycles. The van der Waals surface area contributed by atoms with Crippen LogP contribution in [-0.2, 0) is 9.53 Å². The van der Waals surface area contributed by atoms with Gasteiger partial charge in [-0.1, -0.05) is 0 Å². The average Bonchev–Trinajstić information content (AvgIpc) is 3.42. The molecule has 2 aromatic rings. The largest absolute Gasteiger partial charge is 0.446 e. The summed E-state index contributed by atoms with van der Waals surface area (Å²) in [6.07, 6.45) is 4.57. The van der Waals surface area contributed by atoms with E-state index in [0.29, 0.717) is 28.5 Å². The van der Waals surface area contributed by atoms with Gasteiger partial charge in [0.1, 0.15) is 0 Å². The van der Waals surface area contributed by atoms with Crippen LogP contribution in [0, 0.1) is 10.1 Å². The fourth-order valence-corrected chi connectivity index (χ4v) is 3.97. The molecule has 1 fully saturated rings. The molecular weight excluding hydrogens is 402 g/mol. The van der Waals surface area contributed by atoms with E-state index in [-0.39, 0.29) is 30.3 Å². The van der Waals surface area contributed by atoms with Gasteiger partial charge >= 0.3 is 6.09 Å². The van der Waals surface area contributed by atoms with Crippen molar-refractivity contribution >= 4 is 29.1 Å². The SMILES string of the molecule is CC(=O)N1c2cc([N+](=O)[O-])c(-c3cnn(C4CC4)c3)cc2N(C(=O)OC(C)C)CC1C. The Hall–Kier alpha value is -3.43. The van der Waals surface area contributed by atoms with Crippen molar-refractivity contribution in [1.82, 2.24) is 9.78 Å². The first-order valence-corrected chi connectivity index (χ1v) is 10.3. The third-order valence-corrected chi connectivity index (χ3v) is 5.46. The van der Waals surface area contributed by atoms with Crippen LogP contribution in [0.5, 0.6) is 0 Å². The number of hydrogen-bond acceptors (Lipinski definition) is 6. The number of nitro groups is 1. The summed E-state index contributed by atoms with van der Waals surface area (Å²) in [6.45, 7) is 6.92. The van der Waals surface area contributed by atoms with Crippen molar-refractivity contribution < 1.29 is 19.2 Å². The van der Waals surface area contributed by atoms with E-state index in [4.69, 9.17) is 4.74 Å². The number of carbonyl (C=O) groups is 2. The third-order valence-electron chi connectivity index (χ3n) is 5.46. The molecule has 4 rings (SSSR count). The van der Waals surface area contributed by atoms with Crippen molar-refractivity contribution in [1.29, 1.82) is 0 Å². The van der Waals surface area contributed by atoms with Crippen molar-refractivity contribution in [2.24, 2.45) is 0 Å². The molecule has 0 N–H and O–H groups in total. The van der Waals surface area contributed by atoms with Crippen LogP contribution in [0.25, 0.3) is 11.1 Å². The van der Waals surface area contributed by atoms with Gasteiger partial charge in [0.2, 0.25) is 5.91 Å². The first-order valence-electron chi connectivity index (χ1n) is 10.3. The lowest BCUT2D eigenvalue weighted by Gasteiger charge is -2.40. The van der Waals surface area contributed by atoms with E-state index in [9.17, 15) is 19.7 Å². The summed E-state index contributed by atoms with van der Waals surface area (Å²) in [5.74, 6) is -0.255. The van der Waals surface area contributed by atoms with Gasteiger partial charge in [0, 0.05) is 31.3 Å². The number of benzene rings is 1. The van der Waals surface area contributed by atoms with Crippen molar-refractivity contribution in [2.45, 2.75) is 58.7 Å². The van der Waals surface area contributed by atoms with Crippen LogP contribution in [0.2, 0.25) is 0 Å². The summed E-state index contributed by atoms with van der Waals surface area (Å²) in [5, 5.41) is 16.3. The van der Waals surface area contributed by atoms with Crippen LogP contribution in [0.15, 0.2) is 24.5 Å². The number of nitro benzene ring substituents is 1. The molecule has 0 bridgehead atoms. The first-order chi connectivity index (χ1) is 14.7. The summed E-state index contributed by atoms with van der Waals surface area (Å²) in [7, 11) is 0. The van der Waals surface area contributed by atoms with Crippen molar-refractivity contribution in [2.75, 3.05) is 16.3 Å². The highest BCUT2D eigenvalue weighted by Crippen LogP contribution is 2.44. The lowest BCUT2D eigenvalue weighted by molar-refractivity contribution is -0.384. The topological polar surface area (TPSA) is 111 Å². The van der Waals surface area contributed by atoms with Crippen LogP contribution >= 0.6 is 0 Å². The van der Waals surface area contributed by atoms with Gasteiger partial charge in [-0.15, -0.1) is 0 Å². The van der Waals surface area contributed by atoms with E-state index < -0.39 is 11.0 Å². The van der Waals surface area contributed by atoms with Crippen LogP contribution < -0.4 is 9.80 Å². The Labute approximate surface area is 179 Å². The van der Waals surface area contributed by atoms with E-state index in [0.717, 1.165) is 12.8 Å². The zero-order valence-electron chi connectivity index (χ0n) is 17.9. The number of anilines is 2. The molecule has 1 aromatic carbocycles. The second-order valence-corrected chi connectivity index (χ2v) is 8.34. The minimum absolute atomic E-state index is 0.147. The normalized spacial score (nSPS) is 18.2. The second-order valence-electron chi connectivity index (χ2n) is 8.34. The minimum atomic E-state index is -0.556. The molecule has 1 aromatic heterocycles. The molecule has 0 saturated heterocycles. The quantitative estimate of drug-likeness (QED) is 0.540. The standard InChI is InChI=1S/C21H25N5O5/c1-12(2)31-21(28)23-10-13(3)25(14(4)27)20-8-18(26(29)30)17(7-19(20)23)15-9-22-24(11-15)16-5-6-16/h7-9,11-13,16H,5-6,10H2,1-4H3. The molecule has 10 nitrogen and oxygen atoms in total. The summed E-state index contributed by atoms with van der Waals surface area (Å²) >= 11 is 0. The number of aromatic nitrogens is 2. The predicted molar refractivity (Wildman–Crippen MR) is 114 cm³/mol. The Morgan fingerprint density at radius 2 is 1.97 bits per heavy atom. The van der Waals surface area contributed by atoms with Crippen molar-refractivity contribution in [3.8, 4) is 11.1 Å². The van der Waals surface area contributed by atoms with E-state index in [1.807, 2.05) is 4.68 Å². The van der Waals surface area contributed by atoms with Crippen molar-refractivity contribution in [3.05, 3.63) is 34.6 Å². The molecule has 2 aliphatic rings.